The summed E-state index contributed by atoms with van der Waals surface area (Å²) in [6, 6.07) is 11.7. The molecule has 1 aromatic carbocycles. The van der Waals surface area contributed by atoms with Gasteiger partial charge in [0.15, 0.2) is 0 Å². The fourth-order valence-corrected chi connectivity index (χ4v) is 3.90. The van der Waals surface area contributed by atoms with Crippen molar-refractivity contribution in [3.05, 3.63) is 69.8 Å². The van der Waals surface area contributed by atoms with Gasteiger partial charge in [-0.2, -0.15) is 9.61 Å². The molecule has 0 bridgehead atoms. The second kappa shape index (κ2) is 7.50. The van der Waals surface area contributed by atoms with Crippen LogP contribution in [0.3, 0.4) is 0 Å². The molecule has 7 heteroatoms. The minimum atomic E-state index is -0.105. The summed E-state index contributed by atoms with van der Waals surface area (Å²) in [6.45, 7) is 3.95. The van der Waals surface area contributed by atoms with Crippen molar-refractivity contribution >= 4 is 11.7 Å². The molecule has 0 spiro atoms. The Hall–Kier alpha value is -3.09. The summed E-state index contributed by atoms with van der Waals surface area (Å²) in [5.41, 5.74) is 4.00. The Kier molecular flexibility index (Phi) is 4.90. The first kappa shape index (κ1) is 18.3. The molecule has 1 N–H and O–H groups in total. The number of fused-ring (bicyclic) bond motifs is 1. The van der Waals surface area contributed by atoms with E-state index in [0.717, 1.165) is 29.7 Å². The number of likely N-dealkylation sites (tertiary alicyclic amines) is 1. The van der Waals surface area contributed by atoms with Gasteiger partial charge < -0.3 is 14.8 Å². The molecule has 1 saturated heterocycles. The molecule has 0 atom stereocenters. The van der Waals surface area contributed by atoms with Gasteiger partial charge in [-0.1, -0.05) is 29.8 Å². The number of benzene rings is 1. The van der Waals surface area contributed by atoms with Crippen LogP contribution in [-0.2, 0) is 13.6 Å². The molecule has 1 fully saturated rings. The first-order valence-electron chi connectivity index (χ1n) is 9.65. The summed E-state index contributed by atoms with van der Waals surface area (Å²) in [5.74, 6) is 0.263. The molecule has 0 radical (unpaired) electrons. The first-order valence-corrected chi connectivity index (χ1v) is 9.65. The summed E-state index contributed by atoms with van der Waals surface area (Å²) in [7, 11) is 1.96. The van der Waals surface area contributed by atoms with E-state index in [2.05, 4.69) is 22.5 Å². The van der Waals surface area contributed by atoms with E-state index in [1.54, 1.807) is 12.3 Å². The molecule has 146 valence electrons. The van der Waals surface area contributed by atoms with Gasteiger partial charge in [0.25, 0.3) is 5.56 Å². The number of aromatic nitrogens is 3. The molecule has 0 unspecified atom stereocenters. The lowest BCUT2D eigenvalue weighted by Gasteiger charge is -2.33. The fraction of sp³-hybridized carbons (Fsp3) is 0.381. The van der Waals surface area contributed by atoms with Crippen molar-refractivity contribution in [3.63, 3.8) is 0 Å². The Labute approximate surface area is 163 Å². The Morgan fingerprint density at radius 2 is 1.89 bits per heavy atom. The van der Waals surface area contributed by atoms with Crippen molar-refractivity contribution in [2.24, 2.45) is 7.05 Å². The van der Waals surface area contributed by atoms with Crippen LogP contribution in [0.2, 0.25) is 0 Å². The van der Waals surface area contributed by atoms with Crippen molar-refractivity contribution in [1.82, 2.24) is 24.4 Å². The average Bonchev–Trinajstić information content (AvgIpc) is 3.21. The lowest BCUT2D eigenvalue weighted by molar-refractivity contribution is 0.180. The predicted molar refractivity (Wildman–Crippen MR) is 107 cm³/mol. The van der Waals surface area contributed by atoms with E-state index in [9.17, 15) is 9.59 Å². The van der Waals surface area contributed by atoms with Crippen LogP contribution in [0.15, 0.2) is 47.4 Å². The highest BCUT2D eigenvalue weighted by atomic mass is 16.2. The van der Waals surface area contributed by atoms with E-state index in [4.69, 9.17) is 0 Å². The van der Waals surface area contributed by atoms with Crippen molar-refractivity contribution in [2.45, 2.75) is 32.2 Å². The highest BCUT2D eigenvalue weighted by Gasteiger charge is 2.25. The monoisotopic (exact) mass is 379 g/mol. The van der Waals surface area contributed by atoms with E-state index in [0.29, 0.717) is 19.6 Å². The highest BCUT2D eigenvalue weighted by Crippen LogP contribution is 2.27. The molecule has 2 amide bonds. The quantitative estimate of drug-likeness (QED) is 0.760. The topological polar surface area (TPSA) is 71.6 Å². The van der Waals surface area contributed by atoms with E-state index in [-0.39, 0.29) is 17.5 Å². The first-order chi connectivity index (χ1) is 13.5. The lowest BCUT2D eigenvalue weighted by Crippen LogP contribution is -2.44. The maximum absolute atomic E-state index is 12.5. The van der Waals surface area contributed by atoms with Crippen molar-refractivity contribution < 1.29 is 4.79 Å². The van der Waals surface area contributed by atoms with E-state index in [1.807, 2.05) is 41.6 Å². The van der Waals surface area contributed by atoms with E-state index in [1.165, 1.54) is 10.1 Å². The standard InChI is InChI=1S/C21H25N5O2/c1-15-3-5-16(6-4-15)14-22-21(28)25-11-8-17(9-12-25)18-13-20(27)26-19(24(18)2)7-10-23-26/h3-7,10,13,17H,8-9,11-12,14H2,1-2H3,(H,22,28). The lowest BCUT2D eigenvalue weighted by atomic mass is 9.93. The molecule has 28 heavy (non-hydrogen) atoms. The number of aryl methyl sites for hydroxylation is 2. The van der Waals surface area contributed by atoms with Gasteiger partial charge in [0.05, 0.1) is 6.20 Å². The Morgan fingerprint density at radius 1 is 1.18 bits per heavy atom. The third-order valence-electron chi connectivity index (χ3n) is 5.60. The zero-order valence-electron chi connectivity index (χ0n) is 16.3. The predicted octanol–water partition coefficient (Wildman–Crippen LogP) is 2.43. The van der Waals surface area contributed by atoms with Gasteiger partial charge in [-0.25, -0.2) is 4.79 Å². The molecule has 7 nitrogen and oxygen atoms in total. The van der Waals surface area contributed by atoms with Crippen LogP contribution < -0.4 is 10.9 Å². The zero-order chi connectivity index (χ0) is 19.7. The van der Waals surface area contributed by atoms with E-state index >= 15 is 0 Å². The number of carbonyl (C=O) groups excluding carboxylic acids is 1. The van der Waals surface area contributed by atoms with Crippen LogP contribution in [0, 0.1) is 6.92 Å². The number of urea groups is 1. The van der Waals surface area contributed by atoms with Gasteiger partial charge in [-0.15, -0.1) is 0 Å². The van der Waals surface area contributed by atoms with Crippen LogP contribution in [0.5, 0.6) is 0 Å². The number of nitrogens with one attached hydrogen (secondary N) is 1. The van der Waals surface area contributed by atoms with Gasteiger partial charge in [0.1, 0.15) is 5.65 Å². The van der Waals surface area contributed by atoms with Crippen LogP contribution in [0.1, 0.15) is 35.6 Å². The van der Waals surface area contributed by atoms with Crippen LogP contribution in [-0.4, -0.2) is 38.2 Å². The minimum Gasteiger partial charge on any atom is -0.334 e. The maximum atomic E-state index is 12.5. The largest absolute Gasteiger partial charge is 0.334 e. The third kappa shape index (κ3) is 3.52. The molecule has 3 aromatic rings. The van der Waals surface area contributed by atoms with Gasteiger partial charge in [0.2, 0.25) is 0 Å². The molecule has 0 saturated carbocycles. The smallest absolute Gasteiger partial charge is 0.317 e. The van der Waals surface area contributed by atoms with Gasteiger partial charge >= 0.3 is 6.03 Å². The number of carbonyl (C=O) groups is 1. The fourth-order valence-electron chi connectivity index (χ4n) is 3.90. The molecular formula is C21H25N5O2. The molecule has 1 aliphatic heterocycles. The number of piperidine rings is 1. The Balaban J connectivity index is 1.38. The summed E-state index contributed by atoms with van der Waals surface area (Å²) >= 11 is 0. The second-order valence-corrected chi connectivity index (χ2v) is 7.47. The number of nitrogens with zero attached hydrogens (tertiary/aromatic N) is 4. The normalized spacial score (nSPS) is 15.1. The van der Waals surface area contributed by atoms with Crippen molar-refractivity contribution in [2.75, 3.05) is 13.1 Å². The average molecular weight is 379 g/mol. The molecule has 1 aliphatic rings. The number of amides is 2. The van der Waals surface area contributed by atoms with Crippen molar-refractivity contribution in [1.29, 1.82) is 0 Å². The van der Waals surface area contributed by atoms with Crippen LogP contribution >= 0.6 is 0 Å². The Bertz CT molecular complexity index is 1040. The molecule has 3 heterocycles. The Morgan fingerprint density at radius 3 is 2.61 bits per heavy atom. The SMILES string of the molecule is Cc1ccc(CNC(=O)N2CCC(c3cc(=O)n4nccc4n3C)CC2)cc1. The molecule has 2 aromatic heterocycles. The van der Waals surface area contributed by atoms with Crippen LogP contribution in [0.4, 0.5) is 4.79 Å². The number of hydrogen-bond donors (Lipinski definition) is 1. The molecular weight excluding hydrogens is 354 g/mol. The maximum Gasteiger partial charge on any atom is 0.317 e. The molecule has 4 rings (SSSR count). The summed E-state index contributed by atoms with van der Waals surface area (Å²) in [4.78, 5) is 26.6. The highest BCUT2D eigenvalue weighted by molar-refractivity contribution is 5.74. The number of hydrogen-bond acceptors (Lipinski definition) is 3. The molecule has 0 aliphatic carbocycles. The van der Waals surface area contributed by atoms with E-state index < -0.39 is 0 Å². The number of rotatable bonds is 3. The van der Waals surface area contributed by atoms with Gasteiger partial charge in [0, 0.05) is 50.4 Å². The van der Waals surface area contributed by atoms with Crippen LogP contribution in [0.25, 0.3) is 5.65 Å². The minimum absolute atomic E-state index is 0.0286. The van der Waals surface area contributed by atoms with Crippen molar-refractivity contribution in [3.8, 4) is 0 Å². The summed E-state index contributed by atoms with van der Waals surface area (Å²) in [6.07, 6.45) is 3.33. The van der Waals surface area contributed by atoms with Gasteiger partial charge in [-0.05, 0) is 25.3 Å². The summed E-state index contributed by atoms with van der Waals surface area (Å²) in [5, 5.41) is 7.08. The van der Waals surface area contributed by atoms with Gasteiger partial charge in [-0.3, -0.25) is 4.79 Å². The zero-order valence-corrected chi connectivity index (χ0v) is 16.3. The third-order valence-corrected chi connectivity index (χ3v) is 5.60. The summed E-state index contributed by atoms with van der Waals surface area (Å²) < 4.78 is 3.45. The second-order valence-electron chi connectivity index (χ2n) is 7.47.